The van der Waals surface area contributed by atoms with Gasteiger partial charge in [0.15, 0.2) is 23.3 Å². The monoisotopic (exact) mass is 356 g/mol. The third-order valence-electron chi connectivity index (χ3n) is 3.45. The summed E-state index contributed by atoms with van der Waals surface area (Å²) in [6.07, 6.45) is 0. The highest BCUT2D eigenvalue weighted by atomic mass is 19.2. The second-order valence-corrected chi connectivity index (χ2v) is 5.24. The third-order valence-corrected chi connectivity index (χ3v) is 3.45. The zero-order chi connectivity index (χ0) is 18.5. The Morgan fingerprint density at radius 2 is 1.62 bits per heavy atom. The predicted octanol–water partition coefficient (Wildman–Crippen LogP) is 3.76. The number of halogens is 2. The van der Waals surface area contributed by atoms with Crippen molar-refractivity contribution in [3.63, 3.8) is 0 Å². The van der Waals surface area contributed by atoms with Gasteiger partial charge in [0.2, 0.25) is 0 Å². The summed E-state index contributed by atoms with van der Waals surface area (Å²) in [5.74, 6) is -1.34. The molecule has 26 heavy (non-hydrogen) atoms. The number of ether oxygens (including phenoxy) is 1. The van der Waals surface area contributed by atoms with Gasteiger partial charge in [0.1, 0.15) is 5.75 Å². The van der Waals surface area contributed by atoms with E-state index in [1.54, 1.807) is 25.3 Å². The first-order valence-electron chi connectivity index (χ1n) is 7.56. The molecule has 0 unspecified atom stereocenters. The Labute approximate surface area is 147 Å². The van der Waals surface area contributed by atoms with Crippen LogP contribution in [0.2, 0.25) is 0 Å². The van der Waals surface area contributed by atoms with Crippen molar-refractivity contribution in [2.24, 2.45) is 0 Å². The lowest BCUT2D eigenvalue weighted by molar-refractivity contribution is 0.102. The molecular formula is C18H14F2N4O2. The van der Waals surface area contributed by atoms with Crippen molar-refractivity contribution in [1.29, 1.82) is 0 Å². The fourth-order valence-electron chi connectivity index (χ4n) is 2.11. The molecule has 0 radical (unpaired) electrons. The van der Waals surface area contributed by atoms with Gasteiger partial charge in [-0.2, -0.15) is 0 Å². The number of hydrogen-bond acceptors (Lipinski definition) is 5. The Hall–Kier alpha value is -3.55. The van der Waals surface area contributed by atoms with E-state index in [0.717, 1.165) is 23.6 Å². The topological polar surface area (TPSA) is 76.1 Å². The third kappa shape index (κ3) is 4.10. The lowest BCUT2D eigenvalue weighted by Crippen LogP contribution is -2.14. The molecule has 0 spiro atoms. The first kappa shape index (κ1) is 17.3. The Kier molecular flexibility index (Phi) is 5.02. The van der Waals surface area contributed by atoms with Crippen molar-refractivity contribution in [1.82, 2.24) is 10.2 Å². The molecule has 2 aromatic carbocycles. The highest BCUT2D eigenvalue weighted by Crippen LogP contribution is 2.19. The van der Waals surface area contributed by atoms with Gasteiger partial charge in [-0.1, -0.05) is 0 Å². The van der Waals surface area contributed by atoms with Crippen LogP contribution in [-0.4, -0.2) is 23.2 Å². The number of anilines is 3. The van der Waals surface area contributed by atoms with Crippen LogP contribution in [0.1, 0.15) is 10.4 Å². The predicted molar refractivity (Wildman–Crippen MR) is 92.6 cm³/mol. The molecule has 3 rings (SSSR count). The van der Waals surface area contributed by atoms with Crippen molar-refractivity contribution in [3.05, 3.63) is 71.8 Å². The maximum absolute atomic E-state index is 13.2. The largest absolute Gasteiger partial charge is 0.497 e. The summed E-state index contributed by atoms with van der Waals surface area (Å²) in [6.45, 7) is 0. The van der Waals surface area contributed by atoms with Crippen LogP contribution in [0.25, 0.3) is 0 Å². The number of hydrogen-bond donors (Lipinski definition) is 2. The van der Waals surface area contributed by atoms with Crippen LogP contribution in [0, 0.1) is 11.6 Å². The molecule has 0 saturated heterocycles. The molecule has 132 valence electrons. The number of benzene rings is 2. The molecule has 0 bridgehead atoms. The van der Waals surface area contributed by atoms with Crippen LogP contribution in [0.3, 0.4) is 0 Å². The van der Waals surface area contributed by atoms with Crippen LogP contribution >= 0.6 is 0 Å². The summed E-state index contributed by atoms with van der Waals surface area (Å²) < 4.78 is 31.2. The Bertz CT molecular complexity index is 915. The molecule has 0 aliphatic carbocycles. The highest BCUT2D eigenvalue weighted by molar-refractivity contribution is 6.03. The van der Waals surface area contributed by atoms with Crippen molar-refractivity contribution in [2.75, 3.05) is 17.7 Å². The van der Waals surface area contributed by atoms with Gasteiger partial charge in [0, 0.05) is 11.3 Å². The van der Waals surface area contributed by atoms with Crippen LogP contribution in [0.5, 0.6) is 5.75 Å². The molecule has 1 amide bonds. The second kappa shape index (κ2) is 7.56. The molecule has 0 aliphatic rings. The van der Waals surface area contributed by atoms with E-state index in [1.165, 1.54) is 12.1 Å². The smallest absolute Gasteiger partial charge is 0.256 e. The number of methoxy groups -OCH3 is 1. The lowest BCUT2D eigenvalue weighted by atomic mass is 10.2. The molecule has 6 nitrogen and oxygen atoms in total. The molecule has 2 N–H and O–H groups in total. The van der Waals surface area contributed by atoms with E-state index < -0.39 is 17.5 Å². The van der Waals surface area contributed by atoms with E-state index in [2.05, 4.69) is 20.8 Å². The van der Waals surface area contributed by atoms with Crippen LogP contribution in [0.15, 0.2) is 54.6 Å². The number of nitrogens with one attached hydrogen (secondary N) is 2. The summed E-state index contributed by atoms with van der Waals surface area (Å²) in [5.41, 5.74) is 0.768. The zero-order valence-electron chi connectivity index (χ0n) is 13.7. The van der Waals surface area contributed by atoms with Crippen LogP contribution < -0.4 is 15.4 Å². The number of carbonyl (C=O) groups excluding carboxylic acids is 1. The minimum absolute atomic E-state index is 0.0221. The SMILES string of the molecule is COc1ccc(Nc2ccc(NC(=O)c3ccc(F)c(F)c3)nn2)cc1. The van der Waals surface area contributed by atoms with Crippen molar-refractivity contribution in [2.45, 2.75) is 0 Å². The number of carbonyl (C=O) groups is 1. The number of amides is 1. The summed E-state index contributed by atoms with van der Waals surface area (Å²) in [4.78, 5) is 12.0. The Morgan fingerprint density at radius 3 is 2.23 bits per heavy atom. The van der Waals surface area contributed by atoms with E-state index in [4.69, 9.17) is 4.74 Å². The summed E-state index contributed by atoms with van der Waals surface area (Å²) in [6, 6.07) is 13.3. The average molecular weight is 356 g/mol. The zero-order valence-corrected chi connectivity index (χ0v) is 13.7. The molecule has 0 fully saturated rings. The van der Waals surface area contributed by atoms with E-state index in [9.17, 15) is 13.6 Å². The van der Waals surface area contributed by atoms with Gasteiger partial charge in [-0.05, 0) is 54.6 Å². The Morgan fingerprint density at radius 1 is 0.923 bits per heavy atom. The highest BCUT2D eigenvalue weighted by Gasteiger charge is 2.11. The van der Waals surface area contributed by atoms with Gasteiger partial charge >= 0.3 is 0 Å². The molecule has 1 aromatic heterocycles. The molecule has 1 heterocycles. The van der Waals surface area contributed by atoms with Gasteiger partial charge in [0.25, 0.3) is 5.91 Å². The van der Waals surface area contributed by atoms with Gasteiger partial charge in [0.05, 0.1) is 7.11 Å². The van der Waals surface area contributed by atoms with Crippen molar-refractivity contribution in [3.8, 4) is 5.75 Å². The summed E-state index contributed by atoms with van der Waals surface area (Å²) >= 11 is 0. The fraction of sp³-hybridized carbons (Fsp3) is 0.0556. The molecule has 0 aliphatic heterocycles. The molecular weight excluding hydrogens is 342 g/mol. The maximum atomic E-state index is 13.2. The normalized spacial score (nSPS) is 10.3. The van der Waals surface area contributed by atoms with E-state index in [0.29, 0.717) is 5.82 Å². The molecule has 0 atom stereocenters. The lowest BCUT2D eigenvalue weighted by Gasteiger charge is -2.07. The summed E-state index contributed by atoms with van der Waals surface area (Å²) in [5, 5.41) is 13.3. The Balaban J connectivity index is 1.65. The fourth-order valence-corrected chi connectivity index (χ4v) is 2.11. The number of rotatable bonds is 5. The van der Waals surface area contributed by atoms with Gasteiger partial charge in [-0.3, -0.25) is 4.79 Å². The first-order chi connectivity index (χ1) is 12.5. The molecule has 0 saturated carbocycles. The maximum Gasteiger partial charge on any atom is 0.256 e. The quantitative estimate of drug-likeness (QED) is 0.728. The van der Waals surface area contributed by atoms with Crippen LogP contribution in [0.4, 0.5) is 26.1 Å². The van der Waals surface area contributed by atoms with Gasteiger partial charge < -0.3 is 15.4 Å². The van der Waals surface area contributed by atoms with Gasteiger partial charge in [-0.15, -0.1) is 10.2 Å². The first-order valence-corrected chi connectivity index (χ1v) is 7.56. The minimum Gasteiger partial charge on any atom is -0.497 e. The molecule has 8 heteroatoms. The molecule has 3 aromatic rings. The van der Waals surface area contributed by atoms with Crippen molar-refractivity contribution >= 4 is 23.2 Å². The summed E-state index contributed by atoms with van der Waals surface area (Å²) in [7, 11) is 1.58. The van der Waals surface area contributed by atoms with Crippen molar-refractivity contribution < 1.29 is 18.3 Å². The minimum atomic E-state index is -1.09. The van der Waals surface area contributed by atoms with E-state index in [1.807, 2.05) is 12.1 Å². The number of nitrogens with zero attached hydrogens (tertiary/aromatic N) is 2. The van der Waals surface area contributed by atoms with E-state index >= 15 is 0 Å². The number of aromatic nitrogens is 2. The average Bonchev–Trinajstić information content (AvgIpc) is 2.66. The van der Waals surface area contributed by atoms with E-state index in [-0.39, 0.29) is 11.4 Å². The standard InChI is InChI=1S/C18H14F2N4O2/c1-26-13-5-3-12(4-6-13)21-16-8-9-17(24-23-16)22-18(25)11-2-7-14(19)15(20)10-11/h2-10H,1H3,(H,21,23)(H,22,24,25). The second-order valence-electron chi connectivity index (χ2n) is 5.24. The van der Waals surface area contributed by atoms with Crippen LogP contribution in [-0.2, 0) is 0 Å². The van der Waals surface area contributed by atoms with Gasteiger partial charge in [-0.25, -0.2) is 8.78 Å².